The third kappa shape index (κ3) is 7.69. The fraction of sp³-hybridized carbons (Fsp3) is 0.471. The molecule has 4 N–H and O–H groups in total. The number of nitrogens with zero attached hydrogens (tertiary/aromatic N) is 1. The van der Waals surface area contributed by atoms with E-state index < -0.39 is 41.6 Å². The lowest BCUT2D eigenvalue weighted by molar-refractivity contribution is -0.141. The first kappa shape index (κ1) is 32.1. The van der Waals surface area contributed by atoms with Gasteiger partial charge in [-0.2, -0.15) is 0 Å². The zero-order chi connectivity index (χ0) is 32.2. The second-order valence-corrected chi connectivity index (χ2v) is 12.8. The van der Waals surface area contributed by atoms with E-state index in [1.807, 2.05) is 51.2 Å². The van der Waals surface area contributed by atoms with Gasteiger partial charge in [-0.15, -0.1) is 0 Å². The van der Waals surface area contributed by atoms with Crippen molar-refractivity contribution < 1.29 is 28.0 Å². The number of halogens is 2. The highest BCUT2D eigenvalue weighted by Gasteiger charge is 2.43. The lowest BCUT2D eigenvalue weighted by Crippen LogP contribution is -2.55. The maximum Gasteiger partial charge on any atom is 0.246 e. The van der Waals surface area contributed by atoms with Crippen LogP contribution in [0.4, 0.5) is 8.78 Å². The number of benzene rings is 2. The number of carbonyl (C=O) groups is 4. The van der Waals surface area contributed by atoms with E-state index >= 15 is 0 Å². The molecular weight excluding hydrogens is 580 g/mol. The van der Waals surface area contributed by atoms with E-state index in [1.165, 1.54) is 11.0 Å². The first-order valence-corrected chi connectivity index (χ1v) is 15.7. The molecule has 11 heteroatoms. The summed E-state index contributed by atoms with van der Waals surface area (Å²) in [6, 6.07) is 8.16. The number of nitrogens with one attached hydrogen (secondary N) is 4. The Bertz CT molecular complexity index is 1570. The van der Waals surface area contributed by atoms with Gasteiger partial charge in [-0.1, -0.05) is 45.0 Å². The number of fused-ring (bicyclic) bond motifs is 2. The molecule has 2 aromatic carbocycles. The molecule has 9 nitrogen and oxygen atoms in total. The Hall–Kier alpha value is -4.28. The molecule has 0 unspecified atom stereocenters. The van der Waals surface area contributed by atoms with E-state index in [1.54, 1.807) is 0 Å². The summed E-state index contributed by atoms with van der Waals surface area (Å²) in [6.07, 6.45) is 3.53. The average molecular weight is 622 g/mol. The molecule has 5 rings (SSSR count). The fourth-order valence-corrected chi connectivity index (χ4v) is 6.46. The van der Waals surface area contributed by atoms with Crippen LogP contribution in [0.1, 0.15) is 57.6 Å². The number of H-pyrrole nitrogens is 1. The minimum Gasteiger partial charge on any atom is -0.361 e. The first-order valence-electron chi connectivity index (χ1n) is 15.7. The monoisotopic (exact) mass is 621 g/mol. The second kappa shape index (κ2) is 13.8. The van der Waals surface area contributed by atoms with Crippen LogP contribution in [0.2, 0.25) is 0 Å². The third-order valence-corrected chi connectivity index (χ3v) is 8.99. The average Bonchev–Trinajstić information content (AvgIpc) is 3.59. The predicted octanol–water partition coefficient (Wildman–Crippen LogP) is 3.76. The second-order valence-electron chi connectivity index (χ2n) is 12.8. The summed E-state index contributed by atoms with van der Waals surface area (Å²) in [5, 5.41) is 9.89. The molecule has 2 aliphatic heterocycles. The van der Waals surface area contributed by atoms with Gasteiger partial charge in [0.1, 0.15) is 23.7 Å². The molecule has 0 aliphatic carbocycles. The molecule has 2 aliphatic rings. The predicted molar refractivity (Wildman–Crippen MR) is 166 cm³/mol. The molecule has 3 heterocycles. The van der Waals surface area contributed by atoms with E-state index in [0.717, 1.165) is 35.0 Å². The topological polar surface area (TPSA) is 123 Å². The number of hydrogen-bond donors (Lipinski definition) is 4. The summed E-state index contributed by atoms with van der Waals surface area (Å²) >= 11 is 0. The zero-order valence-corrected chi connectivity index (χ0v) is 25.9. The normalized spacial score (nSPS) is 24.8. The lowest BCUT2D eigenvalue weighted by Gasteiger charge is -2.30. The van der Waals surface area contributed by atoms with Crippen LogP contribution in [0, 0.1) is 23.5 Å². The standard InChI is InChI=1S/C34H41F2N5O4/c1-19(2)27-11-8-20(3)12-31(42)39-29(13-22-17-37-28-7-5-4-6-25(22)28)34(45)41-18-24(16-30(41)33(44)40-27)38-32(43)14-21-9-10-23(35)15-26(21)36/h4-7,9-10,15,17,19-20,24,27,29-30,37H,8,11-14,16,18H2,1-3H3,(H,38,43)(H,39,42)(H,40,44)/t20-,24-,27+,29-,30+/m1/s1. The number of amides is 4. The van der Waals surface area contributed by atoms with Crippen LogP contribution in [-0.2, 0) is 32.0 Å². The van der Waals surface area contributed by atoms with Crippen molar-refractivity contribution in [3.8, 4) is 0 Å². The van der Waals surface area contributed by atoms with Crippen molar-refractivity contribution >= 4 is 34.5 Å². The van der Waals surface area contributed by atoms with Crippen LogP contribution >= 0.6 is 0 Å². The Morgan fingerprint density at radius 2 is 1.82 bits per heavy atom. The van der Waals surface area contributed by atoms with Crippen molar-refractivity contribution in [3.05, 3.63) is 71.4 Å². The molecule has 0 bridgehead atoms. The van der Waals surface area contributed by atoms with Crippen molar-refractivity contribution in [2.24, 2.45) is 11.8 Å². The molecule has 2 fully saturated rings. The molecule has 5 atom stereocenters. The highest BCUT2D eigenvalue weighted by atomic mass is 19.1. The van der Waals surface area contributed by atoms with E-state index in [2.05, 4.69) is 20.9 Å². The number of hydrogen-bond acceptors (Lipinski definition) is 4. The fourth-order valence-electron chi connectivity index (χ4n) is 6.46. The third-order valence-electron chi connectivity index (χ3n) is 8.99. The number of carbonyl (C=O) groups excluding carboxylic acids is 4. The summed E-state index contributed by atoms with van der Waals surface area (Å²) in [4.78, 5) is 59.0. The highest BCUT2D eigenvalue weighted by molar-refractivity contribution is 5.94. The van der Waals surface area contributed by atoms with Gasteiger partial charge in [-0.05, 0) is 54.4 Å². The lowest BCUT2D eigenvalue weighted by atomic mass is 9.92. The molecule has 1 aromatic heterocycles. The van der Waals surface area contributed by atoms with Gasteiger partial charge >= 0.3 is 0 Å². The van der Waals surface area contributed by atoms with Crippen LogP contribution < -0.4 is 16.0 Å². The number of rotatable bonds is 6. The molecule has 0 saturated carbocycles. The van der Waals surface area contributed by atoms with Crippen LogP contribution in [0.3, 0.4) is 0 Å². The van der Waals surface area contributed by atoms with Gasteiger partial charge in [-0.3, -0.25) is 19.2 Å². The Morgan fingerprint density at radius 3 is 2.58 bits per heavy atom. The van der Waals surface area contributed by atoms with Gasteiger partial charge in [0.15, 0.2) is 0 Å². The first-order chi connectivity index (χ1) is 21.5. The molecule has 0 radical (unpaired) electrons. The zero-order valence-electron chi connectivity index (χ0n) is 25.9. The van der Waals surface area contributed by atoms with Gasteiger partial charge in [0.2, 0.25) is 23.6 Å². The Kier molecular flexibility index (Phi) is 9.84. The van der Waals surface area contributed by atoms with Crippen molar-refractivity contribution in [1.29, 1.82) is 0 Å². The Balaban J connectivity index is 1.42. The minimum absolute atomic E-state index is 0.0392. The largest absolute Gasteiger partial charge is 0.361 e. The molecule has 240 valence electrons. The van der Waals surface area contributed by atoms with Crippen molar-refractivity contribution in [1.82, 2.24) is 25.8 Å². The van der Waals surface area contributed by atoms with Crippen LogP contribution in [0.15, 0.2) is 48.7 Å². The van der Waals surface area contributed by atoms with Gasteiger partial charge in [-0.25, -0.2) is 8.78 Å². The molecule has 45 heavy (non-hydrogen) atoms. The quantitative estimate of drug-likeness (QED) is 0.335. The smallest absolute Gasteiger partial charge is 0.246 e. The summed E-state index contributed by atoms with van der Waals surface area (Å²) in [5.41, 5.74) is 1.80. The summed E-state index contributed by atoms with van der Waals surface area (Å²) < 4.78 is 27.6. The van der Waals surface area contributed by atoms with Crippen LogP contribution in [0.25, 0.3) is 10.9 Å². The molecule has 2 saturated heterocycles. The van der Waals surface area contributed by atoms with E-state index in [0.29, 0.717) is 6.42 Å². The summed E-state index contributed by atoms with van der Waals surface area (Å²) in [5.74, 6) is -2.85. The van der Waals surface area contributed by atoms with Gasteiger partial charge in [0, 0.05) is 54.6 Å². The van der Waals surface area contributed by atoms with Gasteiger partial charge < -0.3 is 25.8 Å². The van der Waals surface area contributed by atoms with E-state index in [4.69, 9.17) is 0 Å². The van der Waals surface area contributed by atoms with E-state index in [9.17, 15) is 28.0 Å². The SMILES string of the molecule is CC(C)[C@@H]1CC[C@@H](C)CC(=O)N[C@H](Cc2c[nH]c3ccccc23)C(=O)N2C[C@H](NC(=O)Cc3ccc(F)cc3F)C[C@H]2C(=O)N1. The maximum absolute atomic E-state index is 14.3. The van der Waals surface area contributed by atoms with Crippen LogP contribution in [0.5, 0.6) is 0 Å². The Labute approximate surface area is 261 Å². The van der Waals surface area contributed by atoms with Crippen molar-refractivity contribution in [2.75, 3.05) is 6.54 Å². The number of aromatic amines is 1. The maximum atomic E-state index is 14.3. The van der Waals surface area contributed by atoms with E-state index in [-0.39, 0.29) is 67.5 Å². The van der Waals surface area contributed by atoms with Crippen molar-refractivity contribution in [2.45, 2.75) is 83.5 Å². The Morgan fingerprint density at radius 1 is 1.04 bits per heavy atom. The molecule has 0 spiro atoms. The number of aromatic nitrogens is 1. The van der Waals surface area contributed by atoms with Crippen molar-refractivity contribution in [3.63, 3.8) is 0 Å². The highest BCUT2D eigenvalue weighted by Crippen LogP contribution is 2.25. The summed E-state index contributed by atoms with van der Waals surface area (Å²) in [7, 11) is 0. The van der Waals surface area contributed by atoms with Gasteiger partial charge in [0.25, 0.3) is 0 Å². The van der Waals surface area contributed by atoms with Crippen LogP contribution in [-0.4, -0.2) is 64.2 Å². The molecular formula is C34H41F2N5O4. The minimum atomic E-state index is -0.941. The summed E-state index contributed by atoms with van der Waals surface area (Å²) in [6.45, 7) is 6.08. The molecule has 4 amide bonds. The van der Waals surface area contributed by atoms with Gasteiger partial charge in [0.05, 0.1) is 6.42 Å². The number of para-hydroxylation sites is 1. The molecule has 3 aromatic rings.